The first-order chi connectivity index (χ1) is 21.1. The van der Waals surface area contributed by atoms with E-state index in [-0.39, 0.29) is 37.9 Å². The summed E-state index contributed by atoms with van der Waals surface area (Å²) in [5.41, 5.74) is 7.02. The lowest BCUT2D eigenvalue weighted by molar-refractivity contribution is 0.478. The second-order valence-electron chi connectivity index (χ2n) is 22.2. The summed E-state index contributed by atoms with van der Waals surface area (Å²) >= 11 is 7.67. The van der Waals surface area contributed by atoms with Crippen molar-refractivity contribution in [1.29, 1.82) is 0 Å². The molecule has 0 N–H and O–H groups in total. The Morgan fingerprint density at radius 3 is 1.06 bits per heavy atom. The lowest BCUT2D eigenvalue weighted by Gasteiger charge is -2.46. The Bertz CT molecular complexity index is 1400. The third-order valence-electron chi connectivity index (χ3n) is 9.62. The van der Waals surface area contributed by atoms with Gasteiger partial charge in [-0.2, -0.15) is 0 Å². The van der Waals surface area contributed by atoms with Gasteiger partial charge in [0.25, 0.3) is 0 Å². The Morgan fingerprint density at radius 2 is 0.812 bits per heavy atom. The van der Waals surface area contributed by atoms with Crippen LogP contribution in [0.5, 0.6) is 0 Å². The van der Waals surface area contributed by atoms with E-state index in [1.807, 2.05) is 0 Å². The summed E-state index contributed by atoms with van der Waals surface area (Å²) in [6.45, 7) is 53.4. The zero-order valence-electron chi connectivity index (χ0n) is 35.9. The number of benzene rings is 2. The lowest BCUT2D eigenvalue weighted by atomic mass is 9.75. The molecular formula is C45H78P2S. The van der Waals surface area contributed by atoms with E-state index in [1.54, 1.807) is 21.7 Å². The van der Waals surface area contributed by atoms with Gasteiger partial charge < -0.3 is 0 Å². The number of rotatable bonds is 7. The van der Waals surface area contributed by atoms with Crippen LogP contribution >= 0.6 is 13.3 Å². The third kappa shape index (κ3) is 10.3. The topological polar surface area (TPSA) is 0 Å². The van der Waals surface area contributed by atoms with Crippen LogP contribution in [0.25, 0.3) is 0 Å². The van der Waals surface area contributed by atoms with Gasteiger partial charge in [0.05, 0.1) is 0 Å². The highest BCUT2D eigenvalue weighted by Gasteiger charge is 2.44. The molecule has 0 aliphatic rings. The van der Waals surface area contributed by atoms with Crippen molar-refractivity contribution in [3.63, 3.8) is 0 Å². The first kappa shape index (κ1) is 43.7. The fraction of sp³-hybridized carbons (Fsp3) is 0.733. The van der Waals surface area contributed by atoms with Crippen LogP contribution in [0.1, 0.15) is 199 Å². The molecule has 0 spiro atoms. The van der Waals surface area contributed by atoms with Crippen LogP contribution in [0, 0.1) is 5.41 Å². The Balaban J connectivity index is 3.52. The normalized spacial score (nSPS) is 16.2. The van der Waals surface area contributed by atoms with E-state index in [0.717, 1.165) is 12.3 Å². The molecule has 0 saturated carbocycles. The summed E-state index contributed by atoms with van der Waals surface area (Å²) in [5, 5.41) is 3.24. The predicted molar refractivity (Wildman–Crippen MR) is 230 cm³/mol. The van der Waals surface area contributed by atoms with Crippen molar-refractivity contribution in [2.24, 2.45) is 5.41 Å². The minimum absolute atomic E-state index is 0.00418. The first-order valence-electron chi connectivity index (χ1n) is 18.8. The quantitative estimate of drug-likeness (QED) is 0.258. The molecule has 2 atom stereocenters. The van der Waals surface area contributed by atoms with Crippen molar-refractivity contribution in [2.45, 2.75) is 198 Å². The number of unbranched alkanes of at least 4 members (excludes halogenated alkanes) is 1. The van der Waals surface area contributed by atoms with E-state index < -0.39 is 13.3 Å². The fourth-order valence-electron chi connectivity index (χ4n) is 6.61. The van der Waals surface area contributed by atoms with Crippen molar-refractivity contribution < 1.29 is 0 Å². The van der Waals surface area contributed by atoms with Gasteiger partial charge in [-0.25, -0.2) is 0 Å². The molecule has 274 valence electrons. The summed E-state index contributed by atoms with van der Waals surface area (Å²) in [4.78, 5) is 0. The molecule has 0 aliphatic carbocycles. The van der Waals surface area contributed by atoms with Crippen LogP contribution in [0.3, 0.4) is 0 Å². The second kappa shape index (κ2) is 14.2. The monoisotopic (exact) mass is 713 g/mol. The summed E-state index contributed by atoms with van der Waals surface area (Å²) < 4.78 is 0. The zero-order chi connectivity index (χ0) is 37.9. The van der Waals surface area contributed by atoms with Crippen molar-refractivity contribution >= 4 is 35.8 Å². The molecule has 2 unspecified atom stereocenters. The average molecular weight is 713 g/mol. The maximum atomic E-state index is 7.67. The largest absolute Gasteiger partial charge is 0.0874 e. The highest BCUT2D eigenvalue weighted by molar-refractivity contribution is 8.57. The molecule has 0 aliphatic heterocycles. The van der Waals surface area contributed by atoms with Gasteiger partial charge in [-0.1, -0.05) is 195 Å². The van der Waals surface area contributed by atoms with E-state index in [1.165, 1.54) is 35.1 Å². The van der Waals surface area contributed by atoms with Crippen LogP contribution in [0.4, 0.5) is 0 Å². The maximum absolute atomic E-state index is 7.67. The van der Waals surface area contributed by atoms with E-state index in [2.05, 4.69) is 177 Å². The molecule has 2 aromatic rings. The summed E-state index contributed by atoms with van der Waals surface area (Å²) in [7, 11) is -0.734. The van der Waals surface area contributed by atoms with Crippen molar-refractivity contribution in [1.82, 2.24) is 0 Å². The zero-order valence-corrected chi connectivity index (χ0v) is 38.5. The molecule has 0 radical (unpaired) electrons. The minimum atomic E-state index is -2.21. The smallest absolute Gasteiger partial charge is 0.00945 e. The van der Waals surface area contributed by atoms with Crippen molar-refractivity contribution in [2.75, 3.05) is 12.3 Å². The van der Waals surface area contributed by atoms with Gasteiger partial charge in [0, 0.05) is 5.73 Å². The molecule has 0 aromatic heterocycles. The molecule has 0 amide bonds. The van der Waals surface area contributed by atoms with Gasteiger partial charge in [0.1, 0.15) is 0 Å². The van der Waals surface area contributed by atoms with Crippen LogP contribution in [0.15, 0.2) is 24.3 Å². The van der Waals surface area contributed by atoms with Crippen molar-refractivity contribution in [3.8, 4) is 0 Å². The van der Waals surface area contributed by atoms with Gasteiger partial charge in [-0.3, -0.25) is 0 Å². The SMILES string of the molecule is CCCCP(=S)(c1c(C(C)(C)C)cc(C(C)(C)C)cc1C(C)(C)C)P(CC(C)(C)C)c1c(C(C)(C)C)cc(C(C)(C)C)cc1C(C)(C)C. The van der Waals surface area contributed by atoms with Crippen molar-refractivity contribution in [3.05, 3.63) is 57.6 Å². The van der Waals surface area contributed by atoms with Gasteiger partial charge in [0.15, 0.2) is 0 Å². The summed E-state index contributed by atoms with van der Waals surface area (Å²) in [5.74, 6) is 0. The van der Waals surface area contributed by atoms with E-state index >= 15 is 0 Å². The van der Waals surface area contributed by atoms with Gasteiger partial charge >= 0.3 is 0 Å². The Hall–Kier alpha value is -0.480. The average Bonchev–Trinajstić information content (AvgIpc) is 2.85. The van der Waals surface area contributed by atoms with Crippen LogP contribution < -0.4 is 10.6 Å². The Kier molecular flexibility index (Phi) is 12.9. The van der Waals surface area contributed by atoms with E-state index in [4.69, 9.17) is 11.8 Å². The number of hydrogen-bond acceptors (Lipinski definition) is 1. The summed E-state index contributed by atoms with van der Waals surface area (Å²) in [6.07, 6.45) is 4.65. The van der Waals surface area contributed by atoms with Gasteiger partial charge in [0.2, 0.25) is 0 Å². The Morgan fingerprint density at radius 1 is 0.500 bits per heavy atom. The first-order valence-corrected chi connectivity index (χ1v) is 24.1. The highest BCUT2D eigenvalue weighted by Crippen LogP contribution is 2.78. The standard InChI is InChI=1S/C45H78P2S/c1-23-24-25-47(48,38-35(44(17,18)19)28-32(41(8,9)10)29-36(38)45(20,21)22)46(30-39(2,3)4)37-33(42(11,12)13)26-31(40(5,6)7)27-34(37)43(14,15)16/h26-29H,23-25,30H2,1-22H3. The van der Waals surface area contributed by atoms with Crippen LogP contribution in [0.2, 0.25) is 0 Å². The molecule has 0 bridgehead atoms. The van der Waals surface area contributed by atoms with E-state index in [0.29, 0.717) is 0 Å². The molecular weight excluding hydrogens is 635 g/mol. The highest BCUT2D eigenvalue weighted by atomic mass is 32.6. The van der Waals surface area contributed by atoms with Crippen LogP contribution in [-0.2, 0) is 44.3 Å². The lowest BCUT2D eigenvalue weighted by Crippen LogP contribution is -2.37. The summed E-state index contributed by atoms with van der Waals surface area (Å²) in [6, 6.07) is 10.4. The van der Waals surface area contributed by atoms with Gasteiger partial charge in [-0.05, 0) is 108 Å². The van der Waals surface area contributed by atoms with E-state index in [9.17, 15) is 0 Å². The molecule has 0 saturated heterocycles. The second-order valence-corrected chi connectivity index (χ2v) is 32.3. The maximum Gasteiger partial charge on any atom is 0.00945 e. The molecule has 0 fully saturated rings. The molecule has 3 heteroatoms. The molecule has 2 rings (SSSR count). The molecule has 0 nitrogen and oxygen atoms in total. The minimum Gasteiger partial charge on any atom is -0.0874 e. The molecule has 48 heavy (non-hydrogen) atoms. The van der Waals surface area contributed by atoms with Crippen LogP contribution in [-0.4, -0.2) is 12.3 Å². The molecule has 0 heterocycles. The molecule has 2 aromatic carbocycles. The fourth-order valence-corrected chi connectivity index (χ4v) is 20.9. The van der Waals surface area contributed by atoms with Gasteiger partial charge in [-0.15, -0.1) is 0 Å². The third-order valence-corrected chi connectivity index (χ3v) is 22.2. The number of hydrogen-bond donors (Lipinski definition) is 0. The Labute approximate surface area is 307 Å². The predicted octanol–water partition coefficient (Wildman–Crippen LogP) is 14.1.